The van der Waals surface area contributed by atoms with Gasteiger partial charge in [0.2, 0.25) is 0 Å². The van der Waals surface area contributed by atoms with Gasteiger partial charge in [-0.15, -0.1) is 0 Å². The van der Waals surface area contributed by atoms with Crippen LogP contribution in [-0.2, 0) is 0 Å². The van der Waals surface area contributed by atoms with Crippen LogP contribution in [0.2, 0.25) is 0 Å². The Kier molecular flexibility index (Phi) is 4.19. The molecule has 4 aromatic rings. The second-order valence-electron chi connectivity index (χ2n) is 8.57. The van der Waals surface area contributed by atoms with Gasteiger partial charge in [-0.3, -0.25) is 0 Å². The van der Waals surface area contributed by atoms with Crippen molar-refractivity contribution in [3.8, 4) is 11.1 Å². The number of anilines is 3. The van der Waals surface area contributed by atoms with Crippen LogP contribution in [0.4, 0.5) is 17.1 Å². The third-order valence-corrected chi connectivity index (χ3v) is 6.88. The number of hydrogen-bond donors (Lipinski definition) is 0. The van der Waals surface area contributed by atoms with Crippen molar-refractivity contribution in [1.29, 1.82) is 0 Å². The van der Waals surface area contributed by atoms with Crippen LogP contribution in [0.1, 0.15) is 42.2 Å². The maximum absolute atomic E-state index is 2.48. The highest BCUT2D eigenvalue weighted by Crippen LogP contribution is 2.54. The highest BCUT2D eigenvalue weighted by atomic mass is 15.1. The standard InChI is InChI=1S/C29H25N/c1-3-9-24(10-4-1)30(25-11-5-2-6-12-25)29-14-8-7-13-27(29)23-17-18-26-21-15-16-22(19-21)28(26)20-23/h1-14,17-18,20-22H,15-16,19H2. The van der Waals surface area contributed by atoms with Gasteiger partial charge in [0, 0.05) is 16.9 Å². The molecule has 2 atom stereocenters. The van der Waals surface area contributed by atoms with Gasteiger partial charge < -0.3 is 4.90 Å². The Hall–Kier alpha value is -3.32. The SMILES string of the molecule is c1ccc(N(c2ccccc2)c2ccccc2-c2ccc3c(c2)C2CCC3C2)cc1. The molecule has 0 amide bonds. The third-order valence-electron chi connectivity index (χ3n) is 6.88. The highest BCUT2D eigenvalue weighted by Gasteiger charge is 2.36. The van der Waals surface area contributed by atoms with Gasteiger partial charge in [0.1, 0.15) is 0 Å². The Morgan fingerprint density at radius 1 is 0.567 bits per heavy atom. The minimum Gasteiger partial charge on any atom is -0.310 e. The Morgan fingerprint density at radius 2 is 1.17 bits per heavy atom. The molecular formula is C29H25N. The van der Waals surface area contributed by atoms with Gasteiger partial charge in [0.15, 0.2) is 0 Å². The summed E-state index contributed by atoms with van der Waals surface area (Å²) in [5.41, 5.74) is 9.40. The van der Waals surface area contributed by atoms with E-state index in [1.54, 1.807) is 11.1 Å². The van der Waals surface area contributed by atoms with E-state index in [-0.39, 0.29) is 0 Å². The van der Waals surface area contributed by atoms with E-state index >= 15 is 0 Å². The number of para-hydroxylation sites is 3. The van der Waals surface area contributed by atoms with Gasteiger partial charge >= 0.3 is 0 Å². The predicted octanol–water partition coefficient (Wildman–Crippen LogP) is 8.19. The quantitative estimate of drug-likeness (QED) is 0.341. The summed E-state index contributed by atoms with van der Waals surface area (Å²) in [5.74, 6) is 1.58. The van der Waals surface area contributed by atoms with Gasteiger partial charge in [-0.2, -0.15) is 0 Å². The first-order valence-corrected chi connectivity index (χ1v) is 11.0. The highest BCUT2D eigenvalue weighted by molar-refractivity contribution is 5.88. The molecule has 1 heteroatoms. The largest absolute Gasteiger partial charge is 0.310 e. The second-order valence-corrected chi connectivity index (χ2v) is 8.57. The van der Waals surface area contributed by atoms with Crippen molar-refractivity contribution in [3.63, 3.8) is 0 Å². The summed E-state index contributed by atoms with van der Waals surface area (Å²) >= 11 is 0. The van der Waals surface area contributed by atoms with E-state index in [1.807, 2.05) is 0 Å². The third kappa shape index (κ3) is 2.85. The number of fused-ring (bicyclic) bond motifs is 5. The number of benzene rings is 4. The predicted molar refractivity (Wildman–Crippen MR) is 126 cm³/mol. The second kappa shape index (κ2) is 7.18. The fourth-order valence-corrected chi connectivity index (χ4v) is 5.51. The Morgan fingerprint density at radius 3 is 1.87 bits per heavy atom. The van der Waals surface area contributed by atoms with Gasteiger partial charge in [0.25, 0.3) is 0 Å². The van der Waals surface area contributed by atoms with Crippen molar-refractivity contribution in [2.45, 2.75) is 31.1 Å². The normalized spacial score (nSPS) is 18.9. The summed E-state index contributed by atoms with van der Waals surface area (Å²) in [6.07, 6.45) is 4.10. The lowest BCUT2D eigenvalue weighted by molar-refractivity contribution is 0.718. The summed E-state index contributed by atoms with van der Waals surface area (Å²) < 4.78 is 0. The number of rotatable bonds is 4. The monoisotopic (exact) mass is 387 g/mol. The molecule has 2 bridgehead atoms. The molecular weight excluding hydrogens is 362 g/mol. The zero-order valence-corrected chi connectivity index (χ0v) is 17.0. The van der Waals surface area contributed by atoms with Crippen LogP contribution in [0.5, 0.6) is 0 Å². The van der Waals surface area contributed by atoms with Crippen LogP contribution in [0.15, 0.2) is 103 Å². The van der Waals surface area contributed by atoms with Crippen LogP contribution in [-0.4, -0.2) is 0 Å². The first-order chi connectivity index (χ1) is 14.9. The first-order valence-electron chi connectivity index (χ1n) is 11.0. The van der Waals surface area contributed by atoms with Crippen LogP contribution >= 0.6 is 0 Å². The van der Waals surface area contributed by atoms with Crippen molar-refractivity contribution >= 4 is 17.1 Å². The van der Waals surface area contributed by atoms with E-state index in [0.717, 1.165) is 11.8 Å². The summed E-state index contributed by atoms with van der Waals surface area (Å²) in [4.78, 5) is 2.37. The molecule has 1 nitrogen and oxygen atoms in total. The van der Waals surface area contributed by atoms with Crippen molar-refractivity contribution < 1.29 is 0 Å². The molecule has 0 spiro atoms. The average Bonchev–Trinajstić information content (AvgIpc) is 3.44. The molecule has 6 rings (SSSR count). The van der Waals surface area contributed by atoms with E-state index in [2.05, 4.69) is 108 Å². The van der Waals surface area contributed by atoms with E-state index in [1.165, 1.54) is 47.5 Å². The lowest BCUT2D eigenvalue weighted by atomic mass is 9.88. The minimum atomic E-state index is 0.775. The molecule has 1 saturated carbocycles. The molecule has 0 heterocycles. The molecule has 0 N–H and O–H groups in total. The molecule has 0 aliphatic heterocycles. The van der Waals surface area contributed by atoms with E-state index in [0.29, 0.717) is 0 Å². The van der Waals surface area contributed by atoms with Gasteiger partial charge in [-0.25, -0.2) is 0 Å². The zero-order valence-electron chi connectivity index (χ0n) is 17.0. The fourth-order valence-electron chi connectivity index (χ4n) is 5.51. The van der Waals surface area contributed by atoms with Crippen LogP contribution < -0.4 is 4.90 Å². The maximum atomic E-state index is 2.48. The molecule has 146 valence electrons. The van der Waals surface area contributed by atoms with Crippen molar-refractivity contribution in [2.24, 2.45) is 0 Å². The Balaban J connectivity index is 1.52. The van der Waals surface area contributed by atoms with Crippen molar-refractivity contribution in [3.05, 3.63) is 114 Å². The summed E-state index contributed by atoms with van der Waals surface area (Å²) in [7, 11) is 0. The lowest BCUT2D eigenvalue weighted by Gasteiger charge is -2.28. The lowest BCUT2D eigenvalue weighted by Crippen LogP contribution is -2.11. The van der Waals surface area contributed by atoms with Crippen LogP contribution in [0.3, 0.4) is 0 Å². The van der Waals surface area contributed by atoms with Gasteiger partial charge in [-0.05, 0) is 78.1 Å². The summed E-state index contributed by atoms with van der Waals surface area (Å²) in [6, 6.07) is 37.4. The minimum absolute atomic E-state index is 0.775. The van der Waals surface area contributed by atoms with E-state index < -0.39 is 0 Å². The Labute approximate surface area is 178 Å². The number of nitrogens with zero attached hydrogens (tertiary/aromatic N) is 1. The smallest absolute Gasteiger partial charge is 0.0540 e. The summed E-state index contributed by atoms with van der Waals surface area (Å²) in [5, 5.41) is 0. The maximum Gasteiger partial charge on any atom is 0.0540 e. The van der Waals surface area contributed by atoms with E-state index in [9.17, 15) is 0 Å². The fraction of sp³-hybridized carbons (Fsp3) is 0.172. The molecule has 1 fully saturated rings. The molecule has 4 aromatic carbocycles. The molecule has 0 aromatic heterocycles. The van der Waals surface area contributed by atoms with Crippen molar-refractivity contribution in [1.82, 2.24) is 0 Å². The Bertz CT molecular complexity index is 1140. The molecule has 2 unspecified atom stereocenters. The van der Waals surface area contributed by atoms with Crippen molar-refractivity contribution in [2.75, 3.05) is 4.90 Å². The molecule has 0 radical (unpaired) electrons. The molecule has 2 aliphatic carbocycles. The zero-order chi connectivity index (χ0) is 19.9. The van der Waals surface area contributed by atoms with Gasteiger partial charge in [0.05, 0.1) is 5.69 Å². The molecule has 0 saturated heterocycles. The first kappa shape index (κ1) is 17.5. The number of hydrogen-bond acceptors (Lipinski definition) is 1. The van der Waals surface area contributed by atoms with E-state index in [4.69, 9.17) is 0 Å². The average molecular weight is 388 g/mol. The summed E-state index contributed by atoms with van der Waals surface area (Å²) in [6.45, 7) is 0. The van der Waals surface area contributed by atoms with Crippen LogP contribution in [0, 0.1) is 0 Å². The topological polar surface area (TPSA) is 3.24 Å². The molecule has 30 heavy (non-hydrogen) atoms. The molecule has 2 aliphatic rings. The van der Waals surface area contributed by atoms with Crippen LogP contribution in [0.25, 0.3) is 11.1 Å². The van der Waals surface area contributed by atoms with Gasteiger partial charge in [-0.1, -0.05) is 72.8 Å².